The fraction of sp³-hybridized carbons (Fsp3) is 0.647. The van der Waals surface area contributed by atoms with Crippen LogP contribution in [-0.2, 0) is 6.42 Å². The van der Waals surface area contributed by atoms with Crippen LogP contribution < -0.4 is 10.1 Å². The minimum atomic E-state index is 0.457. The smallest absolute Gasteiger partial charge is 0.122 e. The normalized spacial score (nSPS) is 17.1. The average molecular weight is 261 g/mol. The van der Waals surface area contributed by atoms with Gasteiger partial charge in [-0.25, -0.2) is 0 Å². The van der Waals surface area contributed by atoms with Crippen LogP contribution in [0.1, 0.15) is 57.7 Å². The molecular weight excluding hydrogens is 234 g/mol. The molecule has 0 saturated carbocycles. The molecule has 0 radical (unpaired) electrons. The Morgan fingerprint density at radius 3 is 2.63 bits per heavy atom. The van der Waals surface area contributed by atoms with Gasteiger partial charge in [0.2, 0.25) is 0 Å². The third kappa shape index (κ3) is 3.30. The molecule has 2 unspecified atom stereocenters. The van der Waals surface area contributed by atoms with Gasteiger partial charge in [0, 0.05) is 18.5 Å². The van der Waals surface area contributed by atoms with Crippen molar-refractivity contribution in [2.45, 2.75) is 59.0 Å². The molecule has 1 heterocycles. The van der Waals surface area contributed by atoms with Crippen LogP contribution in [0.25, 0.3) is 0 Å². The molecule has 2 atom stereocenters. The molecule has 1 aromatic rings. The summed E-state index contributed by atoms with van der Waals surface area (Å²) in [5, 5.41) is 3.82. The van der Waals surface area contributed by atoms with E-state index in [1.807, 2.05) is 0 Å². The second-order valence-electron chi connectivity index (χ2n) is 5.85. The van der Waals surface area contributed by atoms with Crippen LogP contribution >= 0.6 is 0 Å². The molecule has 1 N–H and O–H groups in total. The molecule has 0 amide bonds. The lowest BCUT2D eigenvalue weighted by Gasteiger charge is -2.27. The highest BCUT2D eigenvalue weighted by Crippen LogP contribution is 2.29. The molecule has 2 nitrogen and oxygen atoms in total. The van der Waals surface area contributed by atoms with Gasteiger partial charge in [0.15, 0.2) is 0 Å². The van der Waals surface area contributed by atoms with E-state index >= 15 is 0 Å². The van der Waals surface area contributed by atoms with E-state index in [-0.39, 0.29) is 0 Å². The molecule has 0 saturated heterocycles. The molecule has 19 heavy (non-hydrogen) atoms. The number of hydrogen-bond acceptors (Lipinski definition) is 2. The fourth-order valence-electron chi connectivity index (χ4n) is 2.91. The van der Waals surface area contributed by atoms with Crippen LogP contribution in [0.5, 0.6) is 5.75 Å². The number of nitrogens with one attached hydrogen (secondary N) is 1. The maximum Gasteiger partial charge on any atom is 0.122 e. The highest BCUT2D eigenvalue weighted by molar-refractivity contribution is 5.40. The highest BCUT2D eigenvalue weighted by Gasteiger charge is 2.19. The minimum absolute atomic E-state index is 0.457. The van der Waals surface area contributed by atoms with Gasteiger partial charge in [-0.1, -0.05) is 39.8 Å². The average Bonchev–Trinajstić information content (AvgIpc) is 2.86. The van der Waals surface area contributed by atoms with E-state index in [0.29, 0.717) is 18.0 Å². The molecule has 1 aliphatic heterocycles. The predicted molar refractivity (Wildman–Crippen MR) is 80.7 cm³/mol. The van der Waals surface area contributed by atoms with Crippen molar-refractivity contribution in [3.63, 3.8) is 0 Å². The molecule has 0 bridgehead atoms. The highest BCUT2D eigenvalue weighted by atomic mass is 16.5. The predicted octanol–water partition coefficient (Wildman–Crippen LogP) is 4.10. The zero-order chi connectivity index (χ0) is 13.8. The first-order valence-corrected chi connectivity index (χ1v) is 7.67. The zero-order valence-corrected chi connectivity index (χ0v) is 12.7. The lowest BCUT2D eigenvalue weighted by molar-refractivity contribution is 0.340. The minimum Gasteiger partial charge on any atom is -0.493 e. The summed E-state index contributed by atoms with van der Waals surface area (Å²) in [6.07, 6.45) is 3.37. The number of rotatable bonds is 6. The van der Waals surface area contributed by atoms with Crippen molar-refractivity contribution in [3.05, 3.63) is 29.3 Å². The topological polar surface area (TPSA) is 21.3 Å². The van der Waals surface area contributed by atoms with Crippen LogP contribution in [0.4, 0.5) is 0 Å². The van der Waals surface area contributed by atoms with E-state index in [9.17, 15) is 0 Å². The van der Waals surface area contributed by atoms with Gasteiger partial charge in [-0.3, -0.25) is 0 Å². The Morgan fingerprint density at radius 1 is 1.21 bits per heavy atom. The van der Waals surface area contributed by atoms with Gasteiger partial charge in [0.1, 0.15) is 5.75 Å². The third-order valence-electron chi connectivity index (χ3n) is 4.18. The van der Waals surface area contributed by atoms with Gasteiger partial charge in [-0.05, 0) is 36.0 Å². The molecule has 0 aliphatic carbocycles. The first kappa shape index (κ1) is 14.4. The maximum absolute atomic E-state index is 5.59. The van der Waals surface area contributed by atoms with Crippen molar-refractivity contribution in [3.8, 4) is 5.75 Å². The summed E-state index contributed by atoms with van der Waals surface area (Å²) in [5.41, 5.74) is 2.78. The quantitative estimate of drug-likeness (QED) is 0.832. The molecule has 0 fully saturated rings. The van der Waals surface area contributed by atoms with Crippen LogP contribution in [-0.4, -0.2) is 12.6 Å². The second kappa shape index (κ2) is 6.42. The molecule has 2 rings (SSSR count). The Bertz CT molecular complexity index is 414. The van der Waals surface area contributed by atoms with Crippen molar-refractivity contribution < 1.29 is 4.74 Å². The van der Waals surface area contributed by atoms with Crippen LogP contribution in [0.15, 0.2) is 18.2 Å². The standard InChI is InChI=1S/C17H27NO/c1-5-15(12(3)4)18-16(6-2)13-7-8-17-14(11-13)9-10-19-17/h7-8,11-12,15-16,18H,5-6,9-10H2,1-4H3. The fourth-order valence-corrected chi connectivity index (χ4v) is 2.91. The summed E-state index contributed by atoms with van der Waals surface area (Å²) in [5.74, 6) is 1.76. The van der Waals surface area contributed by atoms with E-state index < -0.39 is 0 Å². The van der Waals surface area contributed by atoms with Gasteiger partial charge in [0.25, 0.3) is 0 Å². The first-order chi connectivity index (χ1) is 9.15. The number of fused-ring (bicyclic) bond motifs is 1. The van der Waals surface area contributed by atoms with Gasteiger partial charge in [0.05, 0.1) is 6.61 Å². The summed E-state index contributed by atoms with van der Waals surface area (Å²) in [4.78, 5) is 0. The Kier molecular flexibility index (Phi) is 4.87. The van der Waals surface area contributed by atoms with Crippen LogP contribution in [0.3, 0.4) is 0 Å². The Balaban J connectivity index is 2.13. The van der Waals surface area contributed by atoms with Crippen molar-refractivity contribution in [2.24, 2.45) is 5.92 Å². The van der Waals surface area contributed by atoms with Crippen molar-refractivity contribution in [1.29, 1.82) is 0 Å². The lowest BCUT2D eigenvalue weighted by Crippen LogP contribution is -2.36. The number of hydrogen-bond donors (Lipinski definition) is 1. The van der Waals surface area contributed by atoms with E-state index in [0.717, 1.165) is 25.2 Å². The van der Waals surface area contributed by atoms with Crippen molar-refractivity contribution in [2.75, 3.05) is 6.61 Å². The van der Waals surface area contributed by atoms with Crippen molar-refractivity contribution >= 4 is 0 Å². The van der Waals surface area contributed by atoms with Crippen LogP contribution in [0.2, 0.25) is 0 Å². The van der Waals surface area contributed by atoms with Gasteiger partial charge in [-0.15, -0.1) is 0 Å². The molecule has 2 heteroatoms. The largest absolute Gasteiger partial charge is 0.493 e. The Labute approximate surface area is 117 Å². The molecular formula is C17H27NO. The zero-order valence-electron chi connectivity index (χ0n) is 12.7. The number of ether oxygens (including phenoxy) is 1. The van der Waals surface area contributed by atoms with Crippen molar-refractivity contribution in [1.82, 2.24) is 5.32 Å². The van der Waals surface area contributed by atoms with E-state index in [1.54, 1.807) is 0 Å². The summed E-state index contributed by atoms with van der Waals surface area (Å²) in [7, 11) is 0. The van der Waals surface area contributed by atoms with Gasteiger partial charge in [-0.2, -0.15) is 0 Å². The maximum atomic E-state index is 5.59. The molecule has 0 aromatic heterocycles. The molecule has 1 aliphatic rings. The van der Waals surface area contributed by atoms with Gasteiger partial charge < -0.3 is 10.1 Å². The summed E-state index contributed by atoms with van der Waals surface area (Å²) in [6.45, 7) is 9.96. The lowest BCUT2D eigenvalue weighted by atomic mass is 9.96. The Hall–Kier alpha value is -1.02. The van der Waals surface area contributed by atoms with E-state index in [1.165, 1.54) is 17.5 Å². The molecule has 1 aromatic carbocycles. The Morgan fingerprint density at radius 2 is 2.00 bits per heavy atom. The third-order valence-corrected chi connectivity index (χ3v) is 4.18. The molecule has 106 valence electrons. The first-order valence-electron chi connectivity index (χ1n) is 7.67. The van der Waals surface area contributed by atoms with Gasteiger partial charge >= 0.3 is 0 Å². The summed E-state index contributed by atoms with van der Waals surface area (Å²) >= 11 is 0. The SMILES string of the molecule is CCC(NC(CC)C(C)C)c1ccc2c(c1)CCO2. The van der Waals surface area contributed by atoms with Crippen LogP contribution in [0, 0.1) is 5.92 Å². The van der Waals surface area contributed by atoms with E-state index in [4.69, 9.17) is 4.74 Å². The van der Waals surface area contributed by atoms with E-state index in [2.05, 4.69) is 51.2 Å². The summed E-state index contributed by atoms with van der Waals surface area (Å²) < 4.78 is 5.59. The monoisotopic (exact) mass is 261 g/mol. The molecule has 0 spiro atoms. The second-order valence-corrected chi connectivity index (χ2v) is 5.85. The summed E-state index contributed by atoms with van der Waals surface area (Å²) in [6, 6.07) is 7.74. The number of benzene rings is 1.